The number of aromatic nitrogens is 1. The van der Waals surface area contributed by atoms with Crippen LogP contribution in [0.5, 0.6) is 0 Å². The molecule has 41 heavy (non-hydrogen) atoms. The molecule has 4 nitrogen and oxygen atoms in total. The predicted molar refractivity (Wildman–Crippen MR) is 169 cm³/mol. The Bertz CT molecular complexity index is 1810. The first-order valence-corrected chi connectivity index (χ1v) is 13.6. The van der Waals surface area contributed by atoms with Crippen molar-refractivity contribution in [1.29, 1.82) is 0 Å². The smallest absolute Gasteiger partial charge is 0.227 e. The lowest BCUT2D eigenvalue weighted by Crippen LogP contribution is -2.09. The van der Waals surface area contributed by atoms with Gasteiger partial charge in [-0.05, 0) is 78.9 Å². The summed E-state index contributed by atoms with van der Waals surface area (Å²) in [7, 11) is 0. The van der Waals surface area contributed by atoms with Gasteiger partial charge in [-0.25, -0.2) is 4.98 Å². The Morgan fingerprint density at radius 3 is 1.32 bits per heavy atom. The summed E-state index contributed by atoms with van der Waals surface area (Å²) in [4.78, 5) is 9.33. The molecule has 1 heterocycles. The van der Waals surface area contributed by atoms with Gasteiger partial charge in [-0.1, -0.05) is 78.9 Å². The van der Waals surface area contributed by atoms with Crippen molar-refractivity contribution in [2.75, 3.05) is 9.80 Å². The van der Waals surface area contributed by atoms with Crippen molar-refractivity contribution in [2.45, 2.75) is 0 Å². The van der Waals surface area contributed by atoms with E-state index >= 15 is 0 Å². The van der Waals surface area contributed by atoms with Gasteiger partial charge < -0.3 is 14.2 Å². The summed E-state index contributed by atoms with van der Waals surface area (Å²) in [5.41, 5.74) is 8.83. The highest BCUT2D eigenvalue weighted by Gasteiger charge is 2.17. The quantitative estimate of drug-likeness (QED) is 0.206. The highest BCUT2D eigenvalue weighted by atomic mass is 16.3. The molecule has 0 saturated carbocycles. The molecule has 7 rings (SSSR count). The third-order valence-corrected chi connectivity index (χ3v) is 7.04. The number of para-hydroxylation sites is 4. The number of hydrogen-bond donors (Lipinski definition) is 0. The molecule has 196 valence electrons. The number of oxazole rings is 1. The molecule has 0 unspecified atom stereocenters. The van der Waals surface area contributed by atoms with Crippen LogP contribution in [0.4, 0.5) is 34.1 Å². The number of nitrogens with zero attached hydrogens (tertiary/aromatic N) is 3. The number of anilines is 6. The molecule has 0 aliphatic rings. The van der Waals surface area contributed by atoms with Crippen LogP contribution in [0, 0.1) is 0 Å². The highest BCUT2D eigenvalue weighted by Crippen LogP contribution is 2.38. The van der Waals surface area contributed by atoms with Gasteiger partial charge in [-0.3, -0.25) is 0 Å². The van der Waals surface area contributed by atoms with Gasteiger partial charge in [0.05, 0.1) is 0 Å². The van der Waals surface area contributed by atoms with Crippen LogP contribution in [-0.2, 0) is 0 Å². The molecule has 6 aromatic carbocycles. The van der Waals surface area contributed by atoms with Crippen molar-refractivity contribution in [1.82, 2.24) is 4.98 Å². The second kappa shape index (κ2) is 10.9. The molecule has 0 spiro atoms. The summed E-state index contributed by atoms with van der Waals surface area (Å²) >= 11 is 0. The Balaban J connectivity index is 1.29. The number of hydrogen-bond acceptors (Lipinski definition) is 4. The van der Waals surface area contributed by atoms with Crippen LogP contribution in [0.25, 0.3) is 22.6 Å². The second-order valence-corrected chi connectivity index (χ2v) is 9.73. The minimum absolute atomic E-state index is 0.589. The molecule has 0 atom stereocenters. The molecule has 4 heteroatoms. The summed E-state index contributed by atoms with van der Waals surface area (Å²) in [5.74, 6) is 0.589. The first-order chi connectivity index (χ1) is 20.3. The fourth-order valence-electron chi connectivity index (χ4n) is 5.16. The van der Waals surface area contributed by atoms with Crippen molar-refractivity contribution in [2.24, 2.45) is 0 Å². The molecule has 0 fully saturated rings. The summed E-state index contributed by atoms with van der Waals surface area (Å²) in [6, 6.07) is 56.0. The normalized spacial score (nSPS) is 10.9. The van der Waals surface area contributed by atoms with E-state index < -0.39 is 0 Å². The average Bonchev–Trinajstić information content (AvgIpc) is 3.48. The Morgan fingerprint density at radius 2 is 0.829 bits per heavy atom. The zero-order chi connectivity index (χ0) is 27.4. The van der Waals surface area contributed by atoms with Gasteiger partial charge in [0.2, 0.25) is 5.89 Å². The molecular weight excluding hydrogens is 502 g/mol. The standard InChI is InChI=1S/C37H27N3O/c1-5-15-29(16-6-1)39(30-17-7-2-8-18-30)33-23-13-14-28(26-33)37-38-35-25-24-34(27-36(35)41-37)40(31-19-9-3-10-20-31)32-21-11-4-12-22-32/h1-27H. The van der Waals surface area contributed by atoms with Crippen LogP contribution in [-0.4, -0.2) is 4.98 Å². The number of benzene rings is 6. The number of fused-ring (bicyclic) bond motifs is 1. The van der Waals surface area contributed by atoms with E-state index in [4.69, 9.17) is 9.40 Å². The first kappa shape index (κ1) is 24.4. The van der Waals surface area contributed by atoms with E-state index in [0.29, 0.717) is 5.89 Å². The molecule has 0 aliphatic carbocycles. The topological polar surface area (TPSA) is 32.5 Å². The molecule has 7 aromatic rings. The van der Waals surface area contributed by atoms with Crippen LogP contribution in [0.3, 0.4) is 0 Å². The third kappa shape index (κ3) is 4.95. The van der Waals surface area contributed by atoms with Gasteiger partial charge in [-0.15, -0.1) is 0 Å². The minimum Gasteiger partial charge on any atom is -0.436 e. The molecule has 0 bridgehead atoms. The van der Waals surface area contributed by atoms with Gasteiger partial charge in [0, 0.05) is 45.8 Å². The van der Waals surface area contributed by atoms with Gasteiger partial charge in [0.25, 0.3) is 0 Å². The maximum atomic E-state index is 6.41. The molecule has 0 saturated heterocycles. The molecule has 0 N–H and O–H groups in total. The zero-order valence-electron chi connectivity index (χ0n) is 22.3. The molecule has 0 amide bonds. The summed E-state index contributed by atoms with van der Waals surface area (Å²) < 4.78 is 6.41. The monoisotopic (exact) mass is 529 g/mol. The van der Waals surface area contributed by atoms with Crippen LogP contribution in [0.2, 0.25) is 0 Å². The summed E-state index contributed by atoms with van der Waals surface area (Å²) in [6.07, 6.45) is 0. The third-order valence-electron chi connectivity index (χ3n) is 7.04. The Hall–Kier alpha value is -5.61. The summed E-state index contributed by atoms with van der Waals surface area (Å²) in [5, 5.41) is 0. The SMILES string of the molecule is c1ccc(N(c2ccccc2)c2cccc(-c3nc4ccc(N(c5ccccc5)c5ccccc5)cc4o3)c2)cc1. The Labute approximate surface area is 239 Å². The van der Waals surface area contributed by atoms with E-state index in [1.807, 2.05) is 36.4 Å². The van der Waals surface area contributed by atoms with Crippen LogP contribution in [0.15, 0.2) is 168 Å². The maximum Gasteiger partial charge on any atom is 0.227 e. The van der Waals surface area contributed by atoms with E-state index in [-0.39, 0.29) is 0 Å². The average molecular weight is 530 g/mol. The van der Waals surface area contributed by atoms with Crippen molar-refractivity contribution in [3.05, 3.63) is 164 Å². The van der Waals surface area contributed by atoms with Crippen LogP contribution < -0.4 is 9.80 Å². The summed E-state index contributed by atoms with van der Waals surface area (Å²) in [6.45, 7) is 0. The van der Waals surface area contributed by atoms with E-state index in [1.165, 1.54) is 0 Å². The van der Waals surface area contributed by atoms with E-state index in [2.05, 4.69) is 137 Å². The Morgan fingerprint density at radius 1 is 0.390 bits per heavy atom. The minimum atomic E-state index is 0.589. The van der Waals surface area contributed by atoms with Crippen molar-refractivity contribution >= 4 is 45.2 Å². The van der Waals surface area contributed by atoms with E-state index in [1.54, 1.807) is 0 Å². The fraction of sp³-hybridized carbons (Fsp3) is 0. The van der Waals surface area contributed by atoms with Crippen LogP contribution >= 0.6 is 0 Å². The van der Waals surface area contributed by atoms with Gasteiger partial charge >= 0.3 is 0 Å². The second-order valence-electron chi connectivity index (χ2n) is 9.73. The molecular formula is C37H27N3O. The fourth-order valence-corrected chi connectivity index (χ4v) is 5.16. The van der Waals surface area contributed by atoms with Gasteiger partial charge in [-0.2, -0.15) is 0 Å². The van der Waals surface area contributed by atoms with Crippen molar-refractivity contribution < 1.29 is 4.42 Å². The van der Waals surface area contributed by atoms with Crippen molar-refractivity contribution in [3.8, 4) is 11.5 Å². The maximum absolute atomic E-state index is 6.41. The van der Waals surface area contributed by atoms with Crippen molar-refractivity contribution in [3.63, 3.8) is 0 Å². The van der Waals surface area contributed by atoms with E-state index in [0.717, 1.165) is 50.8 Å². The van der Waals surface area contributed by atoms with E-state index in [9.17, 15) is 0 Å². The molecule has 1 aromatic heterocycles. The largest absolute Gasteiger partial charge is 0.436 e. The zero-order valence-corrected chi connectivity index (χ0v) is 22.3. The van der Waals surface area contributed by atoms with Gasteiger partial charge in [0.15, 0.2) is 5.58 Å². The highest BCUT2D eigenvalue weighted by molar-refractivity contribution is 5.86. The Kier molecular flexibility index (Phi) is 6.48. The predicted octanol–water partition coefficient (Wildman–Crippen LogP) is 10.4. The lowest BCUT2D eigenvalue weighted by Gasteiger charge is -2.25. The number of rotatable bonds is 7. The van der Waals surface area contributed by atoms with Crippen LogP contribution in [0.1, 0.15) is 0 Å². The lowest BCUT2D eigenvalue weighted by molar-refractivity contribution is 0.620. The lowest BCUT2D eigenvalue weighted by atomic mass is 10.1. The molecule has 0 aliphatic heterocycles. The molecule has 0 radical (unpaired) electrons. The van der Waals surface area contributed by atoms with Gasteiger partial charge in [0.1, 0.15) is 5.52 Å². The first-order valence-electron chi connectivity index (χ1n) is 13.6.